The lowest BCUT2D eigenvalue weighted by Gasteiger charge is -2.14. The second-order valence-corrected chi connectivity index (χ2v) is 9.65. The molecule has 0 aliphatic heterocycles. The van der Waals surface area contributed by atoms with Gasteiger partial charge in [0.2, 0.25) is 0 Å². The minimum atomic E-state index is -0.377. The van der Waals surface area contributed by atoms with Crippen LogP contribution in [0.4, 0.5) is 0 Å². The third-order valence-corrected chi connectivity index (χ3v) is 7.51. The molecule has 3 heterocycles. The van der Waals surface area contributed by atoms with Gasteiger partial charge in [-0.25, -0.2) is 4.79 Å². The second-order valence-electron chi connectivity index (χ2n) is 8.30. The van der Waals surface area contributed by atoms with E-state index < -0.39 is 0 Å². The molecule has 176 valence electrons. The van der Waals surface area contributed by atoms with Gasteiger partial charge in [-0.05, 0) is 59.2 Å². The second kappa shape index (κ2) is 9.26. The molecule has 0 bridgehead atoms. The van der Waals surface area contributed by atoms with Crippen LogP contribution in [0.3, 0.4) is 0 Å². The fourth-order valence-corrected chi connectivity index (χ4v) is 5.48. The van der Waals surface area contributed by atoms with E-state index in [1.54, 1.807) is 18.5 Å². The van der Waals surface area contributed by atoms with E-state index >= 15 is 0 Å². The van der Waals surface area contributed by atoms with Crippen LogP contribution in [-0.4, -0.2) is 19.7 Å². The largest absolute Gasteiger partial charge is 0.423 e. The normalized spacial score (nSPS) is 11.4. The van der Waals surface area contributed by atoms with Crippen LogP contribution in [0.15, 0.2) is 99.6 Å². The molecule has 0 spiro atoms. The van der Waals surface area contributed by atoms with Crippen LogP contribution in [0.5, 0.6) is 0 Å². The van der Waals surface area contributed by atoms with Crippen LogP contribution in [0.2, 0.25) is 5.02 Å². The summed E-state index contributed by atoms with van der Waals surface area (Å²) in [5.74, 6) is 1.19. The number of halogens is 1. The number of aromatic nitrogens is 4. The molecule has 0 atom stereocenters. The third-order valence-electron chi connectivity index (χ3n) is 6.12. The molecule has 0 aliphatic rings. The Hall–Kier alpha value is -3.94. The topological polar surface area (TPSA) is 73.8 Å². The first-order valence-corrected chi connectivity index (χ1v) is 12.6. The Kier molecular flexibility index (Phi) is 5.79. The average Bonchev–Trinajstić information content (AvgIpc) is 3.32. The Morgan fingerprint density at radius 3 is 2.67 bits per heavy atom. The van der Waals surface area contributed by atoms with Gasteiger partial charge < -0.3 is 4.42 Å². The van der Waals surface area contributed by atoms with Crippen molar-refractivity contribution in [1.29, 1.82) is 0 Å². The van der Waals surface area contributed by atoms with Crippen molar-refractivity contribution in [2.45, 2.75) is 17.8 Å². The summed E-state index contributed by atoms with van der Waals surface area (Å²) in [4.78, 5) is 16.5. The van der Waals surface area contributed by atoms with E-state index in [1.165, 1.54) is 11.8 Å². The highest BCUT2D eigenvalue weighted by molar-refractivity contribution is 7.98. The molecule has 6 rings (SSSR count). The molecule has 0 fully saturated rings. The highest BCUT2D eigenvalue weighted by Crippen LogP contribution is 2.35. The number of thioether (sulfide) groups is 1. The molecular formula is C28H19ClN4O2S. The first-order valence-electron chi connectivity index (χ1n) is 11.3. The molecule has 0 N–H and O–H groups in total. The van der Waals surface area contributed by atoms with Crippen molar-refractivity contribution in [3.05, 3.63) is 112 Å². The molecule has 0 aliphatic carbocycles. The number of fused-ring (bicyclic) bond motifs is 3. The highest BCUT2D eigenvalue weighted by Gasteiger charge is 2.19. The predicted molar refractivity (Wildman–Crippen MR) is 144 cm³/mol. The zero-order valence-electron chi connectivity index (χ0n) is 19.2. The van der Waals surface area contributed by atoms with E-state index in [0.717, 1.165) is 38.5 Å². The summed E-state index contributed by atoms with van der Waals surface area (Å²) < 4.78 is 7.53. The highest BCUT2D eigenvalue weighted by atomic mass is 35.5. The van der Waals surface area contributed by atoms with Gasteiger partial charge in [0.1, 0.15) is 5.58 Å². The Morgan fingerprint density at radius 1 is 0.972 bits per heavy atom. The number of pyridine rings is 1. The molecule has 6 aromatic rings. The molecule has 6 nitrogen and oxygen atoms in total. The number of hydrogen-bond acceptors (Lipinski definition) is 6. The molecule has 0 saturated heterocycles. The van der Waals surface area contributed by atoms with Crippen molar-refractivity contribution < 1.29 is 4.42 Å². The third kappa shape index (κ3) is 3.96. The Balaban J connectivity index is 1.49. The van der Waals surface area contributed by atoms with Gasteiger partial charge in [0.25, 0.3) is 0 Å². The lowest BCUT2D eigenvalue weighted by atomic mass is 10.0. The monoisotopic (exact) mass is 510 g/mol. The van der Waals surface area contributed by atoms with Gasteiger partial charge in [-0.15, -0.1) is 10.2 Å². The van der Waals surface area contributed by atoms with Crippen molar-refractivity contribution in [1.82, 2.24) is 19.7 Å². The SMILES string of the molecule is Cc1c(Cl)cccc1-n1c(SCc2cc(=O)oc3ccc4ccccc4c23)nnc1-c1ccncc1. The molecule has 0 saturated carbocycles. The summed E-state index contributed by atoms with van der Waals surface area (Å²) in [7, 11) is 0. The van der Waals surface area contributed by atoms with E-state index in [0.29, 0.717) is 27.3 Å². The lowest BCUT2D eigenvalue weighted by Crippen LogP contribution is -2.03. The summed E-state index contributed by atoms with van der Waals surface area (Å²) in [6.45, 7) is 1.98. The van der Waals surface area contributed by atoms with Gasteiger partial charge in [0.05, 0.1) is 5.69 Å². The van der Waals surface area contributed by atoms with Crippen molar-refractivity contribution in [3.8, 4) is 17.1 Å². The summed E-state index contributed by atoms with van der Waals surface area (Å²) in [6.07, 6.45) is 3.46. The van der Waals surface area contributed by atoms with Gasteiger partial charge in [0.15, 0.2) is 11.0 Å². The average molecular weight is 511 g/mol. The maximum atomic E-state index is 12.4. The molecule has 3 aromatic carbocycles. The smallest absolute Gasteiger partial charge is 0.336 e. The van der Waals surface area contributed by atoms with E-state index in [4.69, 9.17) is 16.0 Å². The van der Waals surface area contributed by atoms with Crippen LogP contribution in [0.25, 0.3) is 38.8 Å². The van der Waals surface area contributed by atoms with Gasteiger partial charge in [0, 0.05) is 40.2 Å². The molecule has 0 amide bonds. The predicted octanol–water partition coefficient (Wildman–Crippen LogP) is 6.84. The van der Waals surface area contributed by atoms with Crippen LogP contribution >= 0.6 is 23.4 Å². The maximum absolute atomic E-state index is 12.4. The maximum Gasteiger partial charge on any atom is 0.336 e. The molecule has 0 radical (unpaired) electrons. The van der Waals surface area contributed by atoms with Crippen LogP contribution < -0.4 is 5.63 Å². The van der Waals surface area contributed by atoms with E-state index in [1.807, 2.05) is 72.2 Å². The van der Waals surface area contributed by atoms with E-state index in [2.05, 4.69) is 21.2 Å². The summed E-state index contributed by atoms with van der Waals surface area (Å²) in [6, 6.07) is 23.1. The Labute approximate surface area is 215 Å². The molecular weight excluding hydrogens is 492 g/mol. The summed E-state index contributed by atoms with van der Waals surface area (Å²) in [5, 5.41) is 13.5. The first-order chi connectivity index (χ1) is 17.6. The van der Waals surface area contributed by atoms with Crippen molar-refractivity contribution in [3.63, 3.8) is 0 Å². The number of benzene rings is 3. The van der Waals surface area contributed by atoms with Gasteiger partial charge in [-0.2, -0.15) is 0 Å². The number of nitrogens with zero attached hydrogens (tertiary/aromatic N) is 4. The fraction of sp³-hybridized carbons (Fsp3) is 0.0714. The Bertz CT molecular complexity index is 1800. The minimum Gasteiger partial charge on any atom is -0.423 e. The number of hydrogen-bond donors (Lipinski definition) is 0. The van der Waals surface area contributed by atoms with Crippen molar-refractivity contribution >= 4 is 45.1 Å². The summed E-state index contributed by atoms with van der Waals surface area (Å²) >= 11 is 7.98. The quantitative estimate of drug-likeness (QED) is 0.143. The van der Waals surface area contributed by atoms with Crippen LogP contribution in [0, 0.1) is 6.92 Å². The standard InChI is InChI=1S/C28H19ClN4O2S/c1-17-22(29)7-4-8-23(17)33-27(19-11-13-30-14-12-19)31-32-28(33)36-16-20-15-25(34)35-24-10-9-18-5-2-3-6-21(18)26(20)24/h2-15H,16H2,1H3. The molecule has 0 unspecified atom stereocenters. The molecule has 36 heavy (non-hydrogen) atoms. The van der Waals surface area contributed by atoms with Crippen molar-refractivity contribution in [2.75, 3.05) is 0 Å². The fourth-order valence-electron chi connectivity index (χ4n) is 4.38. The van der Waals surface area contributed by atoms with Crippen molar-refractivity contribution in [2.24, 2.45) is 0 Å². The molecule has 8 heteroatoms. The van der Waals surface area contributed by atoms with Gasteiger partial charge >= 0.3 is 5.63 Å². The van der Waals surface area contributed by atoms with Gasteiger partial charge in [-0.1, -0.05) is 59.8 Å². The lowest BCUT2D eigenvalue weighted by molar-refractivity contribution is 0.560. The zero-order chi connectivity index (χ0) is 24.6. The van der Waals surface area contributed by atoms with E-state index in [9.17, 15) is 4.79 Å². The van der Waals surface area contributed by atoms with Gasteiger partial charge in [-0.3, -0.25) is 9.55 Å². The van der Waals surface area contributed by atoms with Crippen LogP contribution in [0.1, 0.15) is 11.1 Å². The minimum absolute atomic E-state index is 0.377. The first kappa shape index (κ1) is 22.5. The summed E-state index contributed by atoms with van der Waals surface area (Å²) in [5.41, 5.74) is 3.78. The molecule has 3 aromatic heterocycles. The zero-order valence-corrected chi connectivity index (χ0v) is 20.8. The Morgan fingerprint density at radius 2 is 1.81 bits per heavy atom. The van der Waals surface area contributed by atoms with E-state index in [-0.39, 0.29) is 5.63 Å². The number of rotatable bonds is 5. The van der Waals surface area contributed by atoms with Crippen LogP contribution in [-0.2, 0) is 5.75 Å².